The number of aryl methyl sites for hydroxylation is 2. The number of hydrogen-bond donors (Lipinski definition) is 0. The van der Waals surface area contributed by atoms with Crippen LogP contribution in [0.4, 0.5) is 0 Å². The van der Waals surface area contributed by atoms with Crippen LogP contribution >= 0.6 is 0 Å². The minimum atomic E-state index is -0.827. The van der Waals surface area contributed by atoms with E-state index in [1.54, 1.807) is 7.11 Å². The molecule has 0 saturated carbocycles. The van der Waals surface area contributed by atoms with E-state index in [1.165, 1.54) is 22.0 Å². The van der Waals surface area contributed by atoms with Crippen molar-refractivity contribution in [3.8, 4) is 5.75 Å². The lowest BCUT2D eigenvalue weighted by atomic mass is 9.97. The number of methoxy groups -OCH3 is 1. The highest BCUT2D eigenvalue weighted by Crippen LogP contribution is 2.48. The third-order valence-corrected chi connectivity index (χ3v) is 5.45. The summed E-state index contributed by atoms with van der Waals surface area (Å²) in [6.07, 6.45) is 0.0749. The number of nitrogens with zero attached hydrogens (tertiary/aromatic N) is 1. The van der Waals surface area contributed by atoms with Crippen molar-refractivity contribution >= 4 is 10.9 Å². The van der Waals surface area contributed by atoms with Crippen molar-refractivity contribution in [1.29, 1.82) is 0 Å². The van der Waals surface area contributed by atoms with Gasteiger partial charge in [0, 0.05) is 16.5 Å². The normalized spacial score (nSPS) is 24.5. The number of rotatable bonds is 2. The standard InChI is InChI=1S/C21H21NO3/c1-13-4-9-19-18(10-13)14(2)20-21(15-5-7-16(23-3)8-6-15)24-12-17(25-21)11-22(19)20/h4-10,17H,11-12H2,1-3H3. The Morgan fingerprint density at radius 1 is 1.12 bits per heavy atom. The Labute approximate surface area is 146 Å². The van der Waals surface area contributed by atoms with Gasteiger partial charge in [-0.05, 0) is 55.8 Å². The zero-order valence-electron chi connectivity index (χ0n) is 14.7. The van der Waals surface area contributed by atoms with Crippen molar-refractivity contribution in [2.24, 2.45) is 0 Å². The molecule has 25 heavy (non-hydrogen) atoms. The number of hydrogen-bond acceptors (Lipinski definition) is 3. The van der Waals surface area contributed by atoms with Crippen molar-refractivity contribution in [2.45, 2.75) is 32.3 Å². The molecule has 0 aliphatic carbocycles. The van der Waals surface area contributed by atoms with Crippen LogP contribution in [-0.2, 0) is 21.8 Å². The molecule has 128 valence electrons. The lowest BCUT2D eigenvalue weighted by Crippen LogP contribution is -2.38. The molecule has 0 spiro atoms. The van der Waals surface area contributed by atoms with E-state index in [0.717, 1.165) is 23.6 Å². The Balaban J connectivity index is 1.78. The van der Waals surface area contributed by atoms with E-state index in [-0.39, 0.29) is 6.10 Å². The number of aromatic nitrogens is 1. The third kappa shape index (κ3) is 1.95. The summed E-state index contributed by atoms with van der Waals surface area (Å²) >= 11 is 0. The maximum atomic E-state index is 6.43. The molecule has 3 aromatic rings. The average molecular weight is 335 g/mol. The van der Waals surface area contributed by atoms with E-state index in [2.05, 4.69) is 36.6 Å². The first-order valence-corrected chi connectivity index (χ1v) is 8.68. The molecular weight excluding hydrogens is 314 g/mol. The molecule has 1 saturated heterocycles. The van der Waals surface area contributed by atoms with Crippen molar-refractivity contribution in [2.75, 3.05) is 13.7 Å². The largest absolute Gasteiger partial charge is 0.497 e. The maximum Gasteiger partial charge on any atom is 0.238 e. The first-order valence-electron chi connectivity index (χ1n) is 8.68. The predicted octanol–water partition coefficient (Wildman–Crippen LogP) is 3.90. The summed E-state index contributed by atoms with van der Waals surface area (Å²) in [5.74, 6) is 0.00466. The molecule has 2 unspecified atom stereocenters. The Morgan fingerprint density at radius 2 is 1.92 bits per heavy atom. The van der Waals surface area contributed by atoms with E-state index < -0.39 is 5.79 Å². The molecule has 2 aliphatic rings. The Kier molecular flexibility index (Phi) is 3.06. The zero-order valence-corrected chi connectivity index (χ0v) is 14.7. The molecule has 0 radical (unpaired) electrons. The summed E-state index contributed by atoms with van der Waals surface area (Å²) in [6, 6.07) is 14.7. The molecule has 4 heteroatoms. The van der Waals surface area contributed by atoms with Gasteiger partial charge in [-0.2, -0.15) is 0 Å². The molecule has 2 aromatic carbocycles. The van der Waals surface area contributed by atoms with Crippen LogP contribution in [0.25, 0.3) is 10.9 Å². The van der Waals surface area contributed by atoms with E-state index in [9.17, 15) is 0 Å². The molecule has 3 heterocycles. The molecule has 4 nitrogen and oxygen atoms in total. The number of ether oxygens (including phenoxy) is 3. The maximum absolute atomic E-state index is 6.43. The smallest absolute Gasteiger partial charge is 0.238 e. The van der Waals surface area contributed by atoms with Crippen LogP contribution in [0, 0.1) is 13.8 Å². The molecule has 0 amide bonds. The average Bonchev–Trinajstić information content (AvgIpc) is 3.12. The lowest BCUT2D eigenvalue weighted by Gasteiger charge is -2.34. The van der Waals surface area contributed by atoms with Gasteiger partial charge in [-0.1, -0.05) is 11.6 Å². The van der Waals surface area contributed by atoms with Gasteiger partial charge in [0.1, 0.15) is 11.9 Å². The zero-order chi connectivity index (χ0) is 17.2. The van der Waals surface area contributed by atoms with Gasteiger partial charge in [0.05, 0.1) is 26.0 Å². The van der Waals surface area contributed by atoms with Crippen LogP contribution in [0.15, 0.2) is 42.5 Å². The second-order valence-electron chi connectivity index (χ2n) is 7.00. The number of benzene rings is 2. The summed E-state index contributed by atoms with van der Waals surface area (Å²) in [4.78, 5) is 0. The molecule has 2 aliphatic heterocycles. The Morgan fingerprint density at radius 3 is 2.68 bits per heavy atom. The summed E-state index contributed by atoms with van der Waals surface area (Å²) in [6.45, 7) is 5.75. The fraction of sp³-hybridized carbons (Fsp3) is 0.333. The minimum Gasteiger partial charge on any atom is -0.497 e. The molecule has 1 fully saturated rings. The van der Waals surface area contributed by atoms with Gasteiger partial charge in [-0.15, -0.1) is 0 Å². The Hall–Kier alpha value is -2.30. The van der Waals surface area contributed by atoms with Crippen molar-refractivity contribution < 1.29 is 14.2 Å². The van der Waals surface area contributed by atoms with Crippen LogP contribution in [0.2, 0.25) is 0 Å². The molecule has 0 N–H and O–H groups in total. The summed E-state index contributed by atoms with van der Waals surface area (Å²) in [5.41, 5.74) is 5.89. The second kappa shape index (κ2) is 5.10. The van der Waals surface area contributed by atoms with E-state index >= 15 is 0 Å². The first-order chi connectivity index (χ1) is 12.1. The summed E-state index contributed by atoms with van der Waals surface area (Å²) in [5, 5.41) is 1.28. The van der Waals surface area contributed by atoms with Crippen molar-refractivity contribution in [3.05, 3.63) is 64.8 Å². The molecule has 5 rings (SSSR count). The van der Waals surface area contributed by atoms with Gasteiger partial charge in [0.25, 0.3) is 0 Å². The lowest BCUT2D eigenvalue weighted by molar-refractivity contribution is -0.160. The summed E-state index contributed by atoms with van der Waals surface area (Å²) in [7, 11) is 1.68. The SMILES string of the molecule is COc1ccc(C23OCC(Cn4c2c(C)c2cc(C)ccc24)O3)cc1. The van der Waals surface area contributed by atoms with Gasteiger partial charge in [0.15, 0.2) is 0 Å². The Bertz CT molecular complexity index is 973. The third-order valence-electron chi connectivity index (χ3n) is 5.45. The highest BCUT2D eigenvalue weighted by Gasteiger charge is 2.51. The fourth-order valence-corrected chi connectivity index (χ4v) is 4.28. The number of fused-ring (bicyclic) bond motifs is 6. The molecule has 1 aromatic heterocycles. The van der Waals surface area contributed by atoms with Gasteiger partial charge < -0.3 is 18.8 Å². The summed E-state index contributed by atoms with van der Waals surface area (Å²) < 4.78 is 20.4. The topological polar surface area (TPSA) is 32.6 Å². The molecular formula is C21H21NO3. The fourth-order valence-electron chi connectivity index (χ4n) is 4.28. The second-order valence-corrected chi connectivity index (χ2v) is 7.00. The van der Waals surface area contributed by atoms with E-state index in [0.29, 0.717) is 6.61 Å². The van der Waals surface area contributed by atoms with Gasteiger partial charge in [-0.3, -0.25) is 0 Å². The monoisotopic (exact) mass is 335 g/mol. The van der Waals surface area contributed by atoms with E-state index in [4.69, 9.17) is 14.2 Å². The first kappa shape index (κ1) is 15.0. The van der Waals surface area contributed by atoms with Crippen LogP contribution in [0.3, 0.4) is 0 Å². The van der Waals surface area contributed by atoms with Crippen LogP contribution in [0.5, 0.6) is 5.75 Å². The highest BCUT2D eigenvalue weighted by molar-refractivity contribution is 5.86. The molecule has 2 atom stereocenters. The van der Waals surface area contributed by atoms with Crippen molar-refractivity contribution in [1.82, 2.24) is 4.57 Å². The van der Waals surface area contributed by atoms with Crippen molar-refractivity contribution in [3.63, 3.8) is 0 Å². The van der Waals surface area contributed by atoms with Crippen LogP contribution < -0.4 is 4.74 Å². The van der Waals surface area contributed by atoms with Crippen LogP contribution in [0.1, 0.15) is 22.4 Å². The minimum absolute atomic E-state index is 0.0749. The quantitative estimate of drug-likeness (QED) is 0.712. The predicted molar refractivity (Wildman–Crippen MR) is 96.0 cm³/mol. The van der Waals surface area contributed by atoms with Gasteiger partial charge >= 0.3 is 0 Å². The van der Waals surface area contributed by atoms with Crippen LogP contribution in [-0.4, -0.2) is 24.4 Å². The van der Waals surface area contributed by atoms with Gasteiger partial charge in [0.2, 0.25) is 5.79 Å². The highest BCUT2D eigenvalue weighted by atomic mass is 16.7. The van der Waals surface area contributed by atoms with E-state index in [1.807, 2.05) is 24.3 Å². The molecule has 2 bridgehead atoms. The van der Waals surface area contributed by atoms with Gasteiger partial charge in [-0.25, -0.2) is 0 Å².